The zero-order valence-corrected chi connectivity index (χ0v) is 14.5. The molecule has 0 spiro atoms. The predicted molar refractivity (Wildman–Crippen MR) is 91.5 cm³/mol. The van der Waals surface area contributed by atoms with Gasteiger partial charge in [0.05, 0.1) is 5.89 Å². The van der Waals surface area contributed by atoms with Crippen LogP contribution in [0.4, 0.5) is 0 Å². The van der Waals surface area contributed by atoms with E-state index >= 15 is 0 Å². The molecule has 0 fully saturated rings. The molecule has 0 aromatic carbocycles. The number of rotatable bonds is 13. The van der Waals surface area contributed by atoms with Crippen molar-refractivity contribution in [2.45, 2.75) is 92.4 Å². The van der Waals surface area contributed by atoms with E-state index < -0.39 is 18.7 Å². The molecule has 0 aromatic heterocycles. The molecule has 0 saturated heterocycles. The van der Waals surface area contributed by atoms with Crippen molar-refractivity contribution in [1.29, 1.82) is 0 Å². The summed E-state index contributed by atoms with van der Waals surface area (Å²) in [6.45, 7) is 7.40. The fourth-order valence-corrected chi connectivity index (χ4v) is 2.73. The fraction of sp³-hybridized carbons (Fsp3) is 0.947. The second-order valence-corrected chi connectivity index (χ2v) is 7.19. The quantitative estimate of drug-likeness (QED) is 0.443. The maximum atomic E-state index is 11.1. The summed E-state index contributed by atoms with van der Waals surface area (Å²) in [7, 11) is 0. The summed E-state index contributed by atoms with van der Waals surface area (Å²) < 4.78 is 22.4. The summed E-state index contributed by atoms with van der Waals surface area (Å²) in [5, 5.41) is 9.05. The molecule has 1 N–H and O–H groups in total. The third-order valence-corrected chi connectivity index (χ3v) is 4.29. The van der Waals surface area contributed by atoms with Gasteiger partial charge in [-0.25, -0.2) is 0 Å². The molecule has 3 unspecified atom stereocenters. The second-order valence-electron chi connectivity index (χ2n) is 7.19. The van der Waals surface area contributed by atoms with Crippen LogP contribution in [-0.4, -0.2) is 11.1 Å². The Morgan fingerprint density at radius 1 is 0.905 bits per heavy atom. The van der Waals surface area contributed by atoms with Gasteiger partial charge in [0, 0.05) is 4.11 Å². The molecule has 0 heterocycles. The minimum Gasteiger partial charge on any atom is -0.481 e. The lowest BCUT2D eigenvalue weighted by atomic mass is 9.91. The highest BCUT2D eigenvalue weighted by Crippen LogP contribution is 2.22. The Morgan fingerprint density at radius 2 is 1.33 bits per heavy atom. The highest BCUT2D eigenvalue weighted by Gasteiger charge is 2.11. The van der Waals surface area contributed by atoms with Crippen molar-refractivity contribution >= 4 is 5.97 Å². The molecule has 0 amide bonds. The first-order chi connectivity index (χ1) is 11.1. The van der Waals surface area contributed by atoms with E-state index in [1.165, 1.54) is 32.1 Å². The van der Waals surface area contributed by atoms with Gasteiger partial charge >= 0.3 is 5.97 Å². The maximum absolute atomic E-state index is 11.1. The molecular weight excluding hydrogens is 260 g/mol. The molecule has 0 aliphatic carbocycles. The van der Waals surface area contributed by atoms with E-state index in [-0.39, 0.29) is 6.42 Å². The van der Waals surface area contributed by atoms with E-state index in [4.69, 9.17) is 9.22 Å². The number of hydrogen-bond donors (Lipinski definition) is 1. The third-order valence-electron chi connectivity index (χ3n) is 4.29. The Hall–Kier alpha value is -0.530. The van der Waals surface area contributed by atoms with Crippen LogP contribution < -0.4 is 0 Å². The minimum absolute atomic E-state index is 0.0932. The Bertz CT molecular complexity index is 348. The van der Waals surface area contributed by atoms with Crippen LogP contribution in [0.3, 0.4) is 0 Å². The Balaban J connectivity index is 3.87. The second kappa shape index (κ2) is 12.1. The molecule has 0 aromatic rings. The summed E-state index contributed by atoms with van der Waals surface area (Å²) in [4.78, 5) is 11.1. The largest absolute Gasteiger partial charge is 0.481 e. The molecule has 0 radical (unpaired) electrons. The van der Waals surface area contributed by atoms with Crippen molar-refractivity contribution in [3.05, 3.63) is 0 Å². The molecule has 0 rings (SSSR count). The Morgan fingerprint density at radius 3 is 1.71 bits per heavy atom. The number of hydrogen-bond acceptors (Lipinski definition) is 1. The van der Waals surface area contributed by atoms with Gasteiger partial charge in [-0.3, -0.25) is 4.79 Å². The van der Waals surface area contributed by atoms with E-state index in [0.29, 0.717) is 12.3 Å². The average Bonchev–Trinajstić information content (AvgIpc) is 2.46. The van der Waals surface area contributed by atoms with Crippen LogP contribution in [0.1, 0.15) is 96.5 Å². The van der Waals surface area contributed by atoms with E-state index in [1.807, 2.05) is 0 Å². The number of carbonyl (C=O) groups is 1. The van der Waals surface area contributed by atoms with Crippen LogP contribution in [0.2, 0.25) is 0 Å². The summed E-state index contributed by atoms with van der Waals surface area (Å²) in [6, 6.07) is 0. The third kappa shape index (κ3) is 12.9. The maximum Gasteiger partial charge on any atom is 0.306 e. The SMILES string of the molecule is [2H]C([2H])C([2H])(CCCC(C)CCCC(C)CCCC(C)C)C(=O)O. The zero-order valence-electron chi connectivity index (χ0n) is 17.5. The van der Waals surface area contributed by atoms with Crippen molar-refractivity contribution in [3.8, 4) is 0 Å². The molecule has 3 atom stereocenters. The first-order valence-corrected chi connectivity index (χ1v) is 8.67. The summed E-state index contributed by atoms with van der Waals surface area (Å²) in [5.74, 6) is -1.25. The number of aliphatic carboxylic acids is 1. The molecule has 126 valence electrons. The van der Waals surface area contributed by atoms with Crippen molar-refractivity contribution in [3.63, 3.8) is 0 Å². The summed E-state index contributed by atoms with van der Waals surface area (Å²) in [6.07, 6.45) is 9.10. The Labute approximate surface area is 136 Å². The lowest BCUT2D eigenvalue weighted by molar-refractivity contribution is -0.141. The van der Waals surface area contributed by atoms with Crippen LogP contribution in [0.25, 0.3) is 0 Å². The van der Waals surface area contributed by atoms with Crippen molar-refractivity contribution < 1.29 is 14.0 Å². The van der Waals surface area contributed by atoms with Crippen LogP contribution >= 0.6 is 0 Å². The Kier molecular flexibility index (Phi) is 8.82. The normalized spacial score (nSPS) is 19.6. The van der Waals surface area contributed by atoms with Crippen LogP contribution in [0.5, 0.6) is 0 Å². The predicted octanol–water partition coefficient (Wildman–Crippen LogP) is 6.15. The number of carboxylic acids is 1. The van der Waals surface area contributed by atoms with Gasteiger partial charge in [-0.15, -0.1) is 0 Å². The van der Waals surface area contributed by atoms with Crippen LogP contribution in [-0.2, 0) is 4.79 Å². The molecular formula is C19H38O2. The van der Waals surface area contributed by atoms with Gasteiger partial charge in [0.2, 0.25) is 0 Å². The van der Waals surface area contributed by atoms with Crippen molar-refractivity contribution in [2.24, 2.45) is 23.6 Å². The molecule has 0 bridgehead atoms. The minimum atomic E-state index is -1.98. The van der Waals surface area contributed by atoms with Crippen LogP contribution in [0.15, 0.2) is 0 Å². The van der Waals surface area contributed by atoms with Crippen LogP contribution in [0, 0.1) is 23.6 Å². The van der Waals surface area contributed by atoms with Crippen molar-refractivity contribution in [1.82, 2.24) is 0 Å². The van der Waals surface area contributed by atoms with Crippen molar-refractivity contribution in [2.75, 3.05) is 0 Å². The molecule has 2 nitrogen and oxygen atoms in total. The zero-order chi connectivity index (χ0) is 18.8. The van der Waals surface area contributed by atoms with E-state index in [1.54, 1.807) is 0 Å². The van der Waals surface area contributed by atoms with Gasteiger partial charge in [-0.05, 0) is 24.2 Å². The first kappa shape index (κ1) is 15.4. The molecule has 0 aliphatic rings. The van der Waals surface area contributed by atoms with Gasteiger partial charge < -0.3 is 5.11 Å². The topological polar surface area (TPSA) is 37.3 Å². The smallest absolute Gasteiger partial charge is 0.306 e. The van der Waals surface area contributed by atoms with Gasteiger partial charge in [0.15, 0.2) is 0 Å². The molecule has 2 heteroatoms. The van der Waals surface area contributed by atoms with Gasteiger partial charge in [0.25, 0.3) is 0 Å². The summed E-state index contributed by atoms with van der Waals surface area (Å²) >= 11 is 0. The average molecular weight is 302 g/mol. The first-order valence-electron chi connectivity index (χ1n) is 10.3. The van der Waals surface area contributed by atoms with Gasteiger partial charge in [0.1, 0.15) is 0 Å². The van der Waals surface area contributed by atoms with E-state index in [0.717, 1.165) is 24.7 Å². The highest BCUT2D eigenvalue weighted by atomic mass is 16.4. The fourth-order valence-electron chi connectivity index (χ4n) is 2.73. The van der Waals surface area contributed by atoms with Gasteiger partial charge in [-0.2, -0.15) is 0 Å². The van der Waals surface area contributed by atoms with Gasteiger partial charge in [-0.1, -0.05) is 85.9 Å². The number of carboxylic acid groups (broad SMARTS) is 1. The monoisotopic (exact) mass is 301 g/mol. The lowest BCUT2D eigenvalue weighted by Gasteiger charge is -2.15. The summed E-state index contributed by atoms with van der Waals surface area (Å²) in [5.41, 5.74) is 0. The standard InChI is InChI=1S/C19H38O2/c1-15(2)9-6-10-16(3)11-7-12-17(4)13-8-14-18(5)19(20)21/h15-18H,6-14H2,1-5H3,(H,20,21)/i5D2,18D. The molecule has 21 heavy (non-hydrogen) atoms. The molecule has 0 aliphatic heterocycles. The van der Waals surface area contributed by atoms with E-state index in [9.17, 15) is 4.79 Å². The van der Waals surface area contributed by atoms with E-state index in [2.05, 4.69) is 27.7 Å². The highest BCUT2D eigenvalue weighted by molar-refractivity contribution is 5.69. The lowest BCUT2D eigenvalue weighted by Crippen LogP contribution is -2.09. The molecule has 0 saturated carbocycles.